The summed E-state index contributed by atoms with van der Waals surface area (Å²) in [6.45, 7) is 7.53. The number of rotatable bonds is 5. The highest BCUT2D eigenvalue weighted by molar-refractivity contribution is 5.95. The van der Waals surface area contributed by atoms with Gasteiger partial charge in [0.2, 0.25) is 5.83 Å². The number of aliphatic carboxylic acids is 1. The lowest BCUT2D eigenvalue weighted by Gasteiger charge is -2.32. The number of hydrogen-bond donors (Lipinski definition) is 1. The smallest absolute Gasteiger partial charge is 0.365 e. The number of benzene rings is 2. The second kappa shape index (κ2) is 7.50. The highest BCUT2D eigenvalue weighted by Gasteiger charge is 2.29. The molecule has 0 aromatic heterocycles. The molecule has 0 bridgehead atoms. The van der Waals surface area contributed by atoms with E-state index in [1.54, 1.807) is 12.1 Å². The Morgan fingerprint density at radius 3 is 2.50 bits per heavy atom. The number of carboxylic acid groups (broad SMARTS) is 1. The van der Waals surface area contributed by atoms with Crippen molar-refractivity contribution in [2.75, 3.05) is 6.61 Å². The topological polar surface area (TPSA) is 55.8 Å². The molecule has 0 spiro atoms. The van der Waals surface area contributed by atoms with E-state index in [0.717, 1.165) is 16.7 Å². The van der Waals surface area contributed by atoms with E-state index >= 15 is 0 Å². The molecule has 1 N–H and O–H groups in total. The lowest BCUT2D eigenvalue weighted by Crippen LogP contribution is -2.29. The Morgan fingerprint density at radius 1 is 1.21 bits per heavy atom. The Bertz CT molecular complexity index is 972. The average Bonchev–Trinajstić information content (AvgIpc) is 2.66. The van der Waals surface area contributed by atoms with Gasteiger partial charge in [0.25, 0.3) is 0 Å². The van der Waals surface area contributed by atoms with Gasteiger partial charge in [-0.2, -0.15) is 4.39 Å². The van der Waals surface area contributed by atoms with Crippen molar-refractivity contribution in [3.8, 4) is 11.5 Å². The SMILES string of the molecule is CCOc1cc2c(cc1C(C)=C(F)C(=O)O)C(c1ccccc1)=CC(C)(C)O2. The van der Waals surface area contributed by atoms with Crippen LogP contribution in [-0.2, 0) is 4.79 Å². The normalized spacial score (nSPS) is 15.7. The van der Waals surface area contributed by atoms with Crippen LogP contribution in [-0.4, -0.2) is 23.3 Å². The predicted molar refractivity (Wildman–Crippen MR) is 107 cm³/mol. The molecule has 1 aliphatic rings. The second-order valence-corrected chi connectivity index (χ2v) is 7.15. The van der Waals surface area contributed by atoms with Crippen molar-refractivity contribution in [2.24, 2.45) is 0 Å². The lowest BCUT2D eigenvalue weighted by molar-refractivity contribution is -0.134. The van der Waals surface area contributed by atoms with E-state index in [4.69, 9.17) is 14.6 Å². The summed E-state index contributed by atoms with van der Waals surface area (Å²) < 4.78 is 26.0. The van der Waals surface area contributed by atoms with Crippen LogP contribution in [0.1, 0.15) is 44.4 Å². The quantitative estimate of drug-likeness (QED) is 0.697. The summed E-state index contributed by atoms with van der Waals surface area (Å²) in [5.41, 5.74) is 2.57. The van der Waals surface area contributed by atoms with Crippen LogP contribution in [0.4, 0.5) is 4.39 Å². The van der Waals surface area contributed by atoms with Crippen LogP contribution in [0.25, 0.3) is 11.1 Å². The Labute approximate surface area is 163 Å². The fourth-order valence-electron chi connectivity index (χ4n) is 3.30. The Hall–Kier alpha value is -3.08. The number of fused-ring (bicyclic) bond motifs is 1. The molecule has 0 saturated heterocycles. The lowest BCUT2D eigenvalue weighted by atomic mass is 9.88. The molecule has 0 saturated carbocycles. The highest BCUT2D eigenvalue weighted by atomic mass is 19.1. The number of ether oxygens (including phenoxy) is 2. The minimum atomic E-state index is -1.60. The first-order chi connectivity index (χ1) is 13.2. The number of halogens is 1. The highest BCUT2D eigenvalue weighted by Crippen LogP contribution is 2.44. The molecule has 0 unspecified atom stereocenters. The zero-order valence-electron chi connectivity index (χ0n) is 16.4. The molecule has 5 heteroatoms. The third kappa shape index (κ3) is 3.79. The van der Waals surface area contributed by atoms with E-state index in [-0.39, 0.29) is 5.57 Å². The third-order valence-corrected chi connectivity index (χ3v) is 4.54. The zero-order valence-corrected chi connectivity index (χ0v) is 16.4. The van der Waals surface area contributed by atoms with Crippen LogP contribution in [0.5, 0.6) is 11.5 Å². The van der Waals surface area contributed by atoms with Crippen LogP contribution in [0.15, 0.2) is 54.4 Å². The van der Waals surface area contributed by atoms with Gasteiger partial charge in [-0.1, -0.05) is 30.3 Å². The number of carboxylic acids is 1. The number of carbonyl (C=O) groups is 1. The molecule has 0 aliphatic carbocycles. The fraction of sp³-hybridized carbons (Fsp3) is 0.261. The largest absolute Gasteiger partial charge is 0.493 e. The molecule has 0 fully saturated rings. The molecule has 0 atom stereocenters. The second-order valence-electron chi connectivity index (χ2n) is 7.15. The van der Waals surface area contributed by atoms with Gasteiger partial charge in [-0.05, 0) is 51.0 Å². The first kappa shape index (κ1) is 19.7. The van der Waals surface area contributed by atoms with Crippen LogP contribution in [0.2, 0.25) is 0 Å². The van der Waals surface area contributed by atoms with Crippen molar-refractivity contribution in [3.63, 3.8) is 0 Å². The van der Waals surface area contributed by atoms with Gasteiger partial charge in [0.05, 0.1) is 6.61 Å². The summed E-state index contributed by atoms with van der Waals surface area (Å²) in [4.78, 5) is 11.1. The fourth-order valence-corrected chi connectivity index (χ4v) is 3.30. The molecular formula is C23H23FO4. The Balaban J connectivity index is 2.27. The van der Waals surface area contributed by atoms with Crippen LogP contribution in [0.3, 0.4) is 0 Å². The van der Waals surface area contributed by atoms with Crippen molar-refractivity contribution in [2.45, 2.75) is 33.3 Å². The van der Waals surface area contributed by atoms with Crippen molar-refractivity contribution in [1.29, 1.82) is 0 Å². The van der Waals surface area contributed by atoms with E-state index in [1.165, 1.54) is 6.92 Å². The van der Waals surface area contributed by atoms with E-state index in [0.29, 0.717) is 23.7 Å². The summed E-state index contributed by atoms with van der Waals surface area (Å²) in [5, 5.41) is 9.06. The van der Waals surface area contributed by atoms with Crippen LogP contribution < -0.4 is 9.47 Å². The molecular weight excluding hydrogens is 359 g/mol. The number of allylic oxidation sites excluding steroid dienone is 1. The summed E-state index contributed by atoms with van der Waals surface area (Å²) >= 11 is 0. The molecule has 1 heterocycles. The van der Waals surface area contributed by atoms with Gasteiger partial charge in [0.15, 0.2) is 0 Å². The summed E-state index contributed by atoms with van der Waals surface area (Å²) in [6, 6.07) is 13.3. The molecule has 2 aromatic rings. The van der Waals surface area contributed by atoms with Crippen molar-refractivity contribution < 1.29 is 23.8 Å². The van der Waals surface area contributed by atoms with E-state index in [2.05, 4.69) is 0 Å². The van der Waals surface area contributed by atoms with E-state index < -0.39 is 17.4 Å². The Morgan fingerprint density at radius 2 is 1.89 bits per heavy atom. The minimum Gasteiger partial charge on any atom is -0.493 e. The molecule has 0 amide bonds. The maximum absolute atomic E-state index is 14.2. The third-order valence-electron chi connectivity index (χ3n) is 4.54. The molecule has 4 nitrogen and oxygen atoms in total. The molecule has 3 rings (SSSR count). The maximum Gasteiger partial charge on any atom is 0.365 e. The van der Waals surface area contributed by atoms with E-state index in [9.17, 15) is 9.18 Å². The monoisotopic (exact) mass is 382 g/mol. The maximum atomic E-state index is 14.2. The standard InChI is InChI=1S/C23H23FO4/c1-5-27-19-12-20-17(11-16(19)14(2)21(24)22(25)26)18(13-23(3,4)28-20)15-9-7-6-8-10-15/h6-13H,5H2,1-4H3,(H,25,26). The van der Waals surface area contributed by atoms with Gasteiger partial charge in [0.1, 0.15) is 17.1 Å². The Kier molecular flexibility index (Phi) is 5.27. The zero-order chi connectivity index (χ0) is 20.5. The van der Waals surface area contributed by atoms with Gasteiger partial charge in [0, 0.05) is 22.8 Å². The van der Waals surface area contributed by atoms with Gasteiger partial charge in [-0.25, -0.2) is 4.79 Å². The molecule has 146 valence electrons. The number of hydrogen-bond acceptors (Lipinski definition) is 3. The van der Waals surface area contributed by atoms with Gasteiger partial charge < -0.3 is 14.6 Å². The van der Waals surface area contributed by atoms with Gasteiger partial charge in [-0.3, -0.25) is 0 Å². The summed E-state index contributed by atoms with van der Waals surface area (Å²) in [5.74, 6) is -1.81. The minimum absolute atomic E-state index is 0.0102. The van der Waals surface area contributed by atoms with Crippen LogP contribution >= 0.6 is 0 Å². The predicted octanol–water partition coefficient (Wildman–Crippen LogP) is 5.47. The average molecular weight is 382 g/mol. The first-order valence-electron chi connectivity index (χ1n) is 9.12. The van der Waals surface area contributed by atoms with E-state index in [1.807, 2.05) is 57.2 Å². The molecule has 0 radical (unpaired) electrons. The van der Waals surface area contributed by atoms with Crippen molar-refractivity contribution >= 4 is 17.1 Å². The van der Waals surface area contributed by atoms with Gasteiger partial charge >= 0.3 is 5.97 Å². The summed E-state index contributed by atoms with van der Waals surface area (Å²) in [6.07, 6.45) is 2.02. The summed E-state index contributed by atoms with van der Waals surface area (Å²) in [7, 11) is 0. The first-order valence-corrected chi connectivity index (χ1v) is 9.12. The van der Waals surface area contributed by atoms with Gasteiger partial charge in [-0.15, -0.1) is 0 Å². The van der Waals surface area contributed by atoms with Crippen molar-refractivity contribution in [3.05, 3.63) is 71.1 Å². The van der Waals surface area contributed by atoms with Crippen LogP contribution in [0, 0.1) is 0 Å². The molecule has 1 aliphatic heterocycles. The molecule has 28 heavy (non-hydrogen) atoms. The van der Waals surface area contributed by atoms with Crippen molar-refractivity contribution in [1.82, 2.24) is 0 Å². The molecule has 2 aromatic carbocycles.